The highest BCUT2D eigenvalue weighted by atomic mass is 16.5. The Bertz CT molecular complexity index is 890. The van der Waals surface area contributed by atoms with Gasteiger partial charge in [-0.05, 0) is 39.0 Å². The van der Waals surface area contributed by atoms with Crippen LogP contribution in [0.4, 0.5) is 11.5 Å². The molecule has 0 spiro atoms. The fourth-order valence-electron chi connectivity index (χ4n) is 2.54. The predicted octanol–water partition coefficient (Wildman–Crippen LogP) is 1.98. The minimum absolute atomic E-state index is 0.0733. The van der Waals surface area contributed by atoms with Crippen molar-refractivity contribution in [2.75, 3.05) is 17.2 Å². The molecule has 2 aromatic rings. The zero-order valence-corrected chi connectivity index (χ0v) is 15.2. The Kier molecular flexibility index (Phi) is 5.11. The number of hydrogen-bond donors (Lipinski definition) is 2. The molecule has 1 aliphatic rings. The van der Waals surface area contributed by atoms with Crippen molar-refractivity contribution in [2.45, 2.75) is 32.9 Å². The second kappa shape index (κ2) is 7.48. The standard InChI is InChI=1S/C18H20N4O5/c1-10(2)22-15(6-7-19-22)21-17(24)11(3)27-18(25)12-4-5-13-14(8-12)26-9-16(23)20-13/h4-8,10-11H,9H2,1-3H3,(H,20,23)(H,21,24)/t11-/m0/s1. The van der Waals surface area contributed by atoms with Gasteiger partial charge in [-0.3, -0.25) is 9.59 Å². The SMILES string of the molecule is CC(C)n1nccc1NC(=O)[C@H](C)OC(=O)c1ccc2c(c1)OCC(=O)N2. The van der Waals surface area contributed by atoms with Crippen LogP contribution in [0.2, 0.25) is 0 Å². The number of esters is 1. The largest absolute Gasteiger partial charge is 0.482 e. The zero-order chi connectivity index (χ0) is 19.6. The van der Waals surface area contributed by atoms with E-state index in [1.54, 1.807) is 23.0 Å². The number of aromatic nitrogens is 2. The Morgan fingerprint density at radius 3 is 2.81 bits per heavy atom. The van der Waals surface area contributed by atoms with E-state index < -0.39 is 18.0 Å². The minimum atomic E-state index is -1.01. The molecule has 1 atom stereocenters. The highest BCUT2D eigenvalue weighted by Gasteiger charge is 2.23. The normalized spacial score (nSPS) is 14.0. The number of amides is 2. The molecular weight excluding hydrogens is 352 g/mol. The van der Waals surface area contributed by atoms with Gasteiger partial charge >= 0.3 is 5.97 Å². The Balaban J connectivity index is 1.64. The molecule has 9 nitrogen and oxygen atoms in total. The van der Waals surface area contributed by atoms with Gasteiger partial charge in [0.25, 0.3) is 11.8 Å². The summed E-state index contributed by atoms with van der Waals surface area (Å²) in [5.41, 5.74) is 0.701. The van der Waals surface area contributed by atoms with E-state index in [1.807, 2.05) is 13.8 Å². The third-order valence-corrected chi connectivity index (χ3v) is 3.91. The number of benzene rings is 1. The highest BCUT2D eigenvalue weighted by Crippen LogP contribution is 2.28. The Hall–Kier alpha value is -3.36. The molecule has 142 valence electrons. The average Bonchev–Trinajstić information content (AvgIpc) is 3.09. The maximum absolute atomic E-state index is 12.3. The van der Waals surface area contributed by atoms with Crippen LogP contribution >= 0.6 is 0 Å². The molecule has 3 rings (SSSR count). The first kappa shape index (κ1) is 18.4. The molecule has 9 heteroatoms. The number of carbonyl (C=O) groups excluding carboxylic acids is 3. The molecule has 2 N–H and O–H groups in total. The van der Waals surface area contributed by atoms with Crippen LogP contribution in [0.1, 0.15) is 37.2 Å². The first-order chi connectivity index (χ1) is 12.8. The Labute approximate surface area is 155 Å². The van der Waals surface area contributed by atoms with Gasteiger partial charge in [0.2, 0.25) is 0 Å². The van der Waals surface area contributed by atoms with E-state index in [1.165, 1.54) is 19.1 Å². The predicted molar refractivity (Wildman–Crippen MR) is 96.7 cm³/mol. The molecule has 0 aliphatic carbocycles. The van der Waals surface area contributed by atoms with E-state index in [-0.39, 0.29) is 24.1 Å². The molecule has 1 aliphatic heterocycles. The number of rotatable bonds is 5. The molecule has 0 radical (unpaired) electrons. The molecule has 2 amide bonds. The first-order valence-corrected chi connectivity index (χ1v) is 8.47. The molecule has 0 saturated heterocycles. The van der Waals surface area contributed by atoms with Crippen LogP contribution in [-0.4, -0.2) is 40.3 Å². The molecule has 1 aromatic heterocycles. The lowest BCUT2D eigenvalue weighted by molar-refractivity contribution is -0.123. The summed E-state index contributed by atoms with van der Waals surface area (Å²) in [6.45, 7) is 5.24. The number of nitrogens with zero attached hydrogens (tertiary/aromatic N) is 2. The van der Waals surface area contributed by atoms with Gasteiger partial charge in [0.15, 0.2) is 12.7 Å². The lowest BCUT2D eigenvalue weighted by Gasteiger charge is -2.19. The molecule has 27 heavy (non-hydrogen) atoms. The van der Waals surface area contributed by atoms with Gasteiger partial charge in [0.1, 0.15) is 11.6 Å². The van der Waals surface area contributed by atoms with Crippen molar-refractivity contribution < 1.29 is 23.9 Å². The summed E-state index contributed by atoms with van der Waals surface area (Å²) in [6.07, 6.45) is 0.572. The molecule has 0 fully saturated rings. The Morgan fingerprint density at radius 1 is 1.30 bits per heavy atom. The molecule has 2 heterocycles. The number of nitrogens with one attached hydrogen (secondary N) is 2. The number of fused-ring (bicyclic) bond motifs is 1. The van der Waals surface area contributed by atoms with E-state index in [0.29, 0.717) is 17.3 Å². The number of hydrogen-bond acceptors (Lipinski definition) is 6. The number of anilines is 2. The van der Waals surface area contributed by atoms with Gasteiger partial charge in [-0.1, -0.05) is 0 Å². The van der Waals surface area contributed by atoms with E-state index in [0.717, 1.165) is 0 Å². The van der Waals surface area contributed by atoms with E-state index >= 15 is 0 Å². The van der Waals surface area contributed by atoms with E-state index in [9.17, 15) is 14.4 Å². The monoisotopic (exact) mass is 372 g/mol. The third kappa shape index (κ3) is 4.08. The molecule has 0 saturated carbocycles. The van der Waals surface area contributed by atoms with Crippen molar-refractivity contribution in [3.63, 3.8) is 0 Å². The third-order valence-electron chi connectivity index (χ3n) is 3.91. The summed E-state index contributed by atoms with van der Waals surface area (Å²) in [4.78, 5) is 35.9. The van der Waals surface area contributed by atoms with Gasteiger partial charge in [0, 0.05) is 12.1 Å². The molecule has 0 bridgehead atoms. The van der Waals surface area contributed by atoms with Crippen molar-refractivity contribution in [3.05, 3.63) is 36.0 Å². The average molecular weight is 372 g/mol. The lowest BCUT2D eigenvalue weighted by Crippen LogP contribution is -2.31. The van der Waals surface area contributed by atoms with Crippen molar-refractivity contribution in [1.29, 1.82) is 0 Å². The minimum Gasteiger partial charge on any atom is -0.482 e. The lowest BCUT2D eigenvalue weighted by atomic mass is 10.1. The van der Waals surface area contributed by atoms with Crippen LogP contribution in [0.25, 0.3) is 0 Å². The first-order valence-electron chi connectivity index (χ1n) is 8.47. The summed E-state index contributed by atoms with van der Waals surface area (Å²) >= 11 is 0. The second-order valence-corrected chi connectivity index (χ2v) is 6.34. The maximum Gasteiger partial charge on any atom is 0.339 e. The Morgan fingerprint density at radius 2 is 2.07 bits per heavy atom. The van der Waals surface area contributed by atoms with Gasteiger partial charge < -0.3 is 20.1 Å². The van der Waals surface area contributed by atoms with Crippen LogP contribution in [0.5, 0.6) is 5.75 Å². The fourth-order valence-corrected chi connectivity index (χ4v) is 2.54. The summed E-state index contributed by atoms with van der Waals surface area (Å²) in [5.74, 6) is -0.493. The summed E-state index contributed by atoms with van der Waals surface area (Å²) < 4.78 is 12.2. The second-order valence-electron chi connectivity index (χ2n) is 6.34. The summed E-state index contributed by atoms with van der Waals surface area (Å²) in [5, 5.41) is 9.46. The number of ether oxygens (including phenoxy) is 2. The van der Waals surface area contributed by atoms with E-state index in [2.05, 4.69) is 15.7 Å². The van der Waals surface area contributed by atoms with Crippen molar-refractivity contribution >= 4 is 29.3 Å². The van der Waals surface area contributed by atoms with Crippen molar-refractivity contribution in [3.8, 4) is 5.75 Å². The quantitative estimate of drug-likeness (QED) is 0.776. The van der Waals surface area contributed by atoms with Crippen LogP contribution in [0.3, 0.4) is 0 Å². The summed E-state index contributed by atoms with van der Waals surface area (Å²) in [6, 6.07) is 6.25. The van der Waals surface area contributed by atoms with Gasteiger partial charge in [0.05, 0.1) is 17.4 Å². The van der Waals surface area contributed by atoms with Crippen LogP contribution < -0.4 is 15.4 Å². The molecule has 0 unspecified atom stereocenters. The molecule has 1 aromatic carbocycles. The van der Waals surface area contributed by atoms with E-state index in [4.69, 9.17) is 9.47 Å². The van der Waals surface area contributed by atoms with Crippen molar-refractivity contribution in [2.24, 2.45) is 0 Å². The van der Waals surface area contributed by atoms with Gasteiger partial charge in [-0.15, -0.1) is 0 Å². The highest BCUT2D eigenvalue weighted by molar-refractivity contribution is 5.99. The maximum atomic E-state index is 12.3. The molecular formula is C18H20N4O5. The topological polar surface area (TPSA) is 112 Å². The fraction of sp³-hybridized carbons (Fsp3) is 0.333. The zero-order valence-electron chi connectivity index (χ0n) is 15.2. The van der Waals surface area contributed by atoms with Crippen LogP contribution in [-0.2, 0) is 14.3 Å². The van der Waals surface area contributed by atoms with Crippen molar-refractivity contribution in [1.82, 2.24) is 9.78 Å². The van der Waals surface area contributed by atoms with Crippen LogP contribution in [0, 0.1) is 0 Å². The van der Waals surface area contributed by atoms with Gasteiger partial charge in [-0.2, -0.15) is 5.10 Å². The van der Waals surface area contributed by atoms with Crippen LogP contribution in [0.15, 0.2) is 30.5 Å². The number of carbonyl (C=O) groups is 3. The van der Waals surface area contributed by atoms with Gasteiger partial charge in [-0.25, -0.2) is 9.48 Å². The smallest absolute Gasteiger partial charge is 0.339 e. The summed E-state index contributed by atoms with van der Waals surface area (Å²) in [7, 11) is 0.